The van der Waals surface area contributed by atoms with Crippen molar-refractivity contribution in [3.05, 3.63) is 29.6 Å². The topological polar surface area (TPSA) is 28.7 Å². The van der Waals surface area contributed by atoms with Gasteiger partial charge in [0.05, 0.1) is 16.6 Å². The number of alkyl halides is 3. The van der Waals surface area contributed by atoms with Gasteiger partial charge in [0, 0.05) is 11.7 Å². The van der Waals surface area contributed by atoms with Crippen LogP contribution in [0.15, 0.2) is 18.2 Å². The van der Waals surface area contributed by atoms with E-state index in [0.29, 0.717) is 11.0 Å². The average Bonchev–Trinajstić information content (AvgIpc) is 2.70. The van der Waals surface area contributed by atoms with Gasteiger partial charge in [-0.2, -0.15) is 24.9 Å². The summed E-state index contributed by atoms with van der Waals surface area (Å²) in [7, 11) is 0. The Kier molecular flexibility index (Phi) is 3.56. The molecule has 1 atom stereocenters. The van der Waals surface area contributed by atoms with Crippen LogP contribution in [0, 0.1) is 0 Å². The highest BCUT2D eigenvalue weighted by Gasteiger charge is 2.30. The Morgan fingerprint density at radius 3 is 2.72 bits per heavy atom. The molecule has 1 aromatic carbocycles. The maximum atomic E-state index is 12.6. The zero-order valence-electron chi connectivity index (χ0n) is 10.0. The summed E-state index contributed by atoms with van der Waals surface area (Å²) < 4.78 is 37.7. The number of imidazole rings is 1. The predicted octanol–water partition coefficient (Wildman–Crippen LogP) is 4.05. The summed E-state index contributed by atoms with van der Waals surface area (Å²) in [5, 5.41) is 0. The number of hydrogen-bond donors (Lipinski definition) is 1. The zero-order valence-corrected chi connectivity index (χ0v) is 10.8. The quantitative estimate of drug-likeness (QED) is 0.914. The molecule has 0 fully saturated rings. The molecular formula is C12H13F3N2S. The molecule has 2 nitrogen and oxygen atoms in total. The molecule has 2 rings (SSSR count). The van der Waals surface area contributed by atoms with Gasteiger partial charge in [-0.15, -0.1) is 0 Å². The Morgan fingerprint density at radius 1 is 1.39 bits per heavy atom. The molecule has 0 amide bonds. The van der Waals surface area contributed by atoms with Crippen LogP contribution >= 0.6 is 11.8 Å². The van der Waals surface area contributed by atoms with E-state index < -0.39 is 11.7 Å². The van der Waals surface area contributed by atoms with E-state index in [-0.39, 0.29) is 5.92 Å². The van der Waals surface area contributed by atoms with Gasteiger partial charge in [0.2, 0.25) is 0 Å². The summed E-state index contributed by atoms with van der Waals surface area (Å²) in [5.41, 5.74) is 0.362. The Morgan fingerprint density at radius 2 is 2.11 bits per heavy atom. The van der Waals surface area contributed by atoms with Crippen LogP contribution in [0.25, 0.3) is 11.0 Å². The van der Waals surface area contributed by atoms with E-state index in [0.717, 1.165) is 23.7 Å². The van der Waals surface area contributed by atoms with Crippen LogP contribution in [0.2, 0.25) is 0 Å². The minimum Gasteiger partial charge on any atom is -0.342 e. The Balaban J connectivity index is 2.40. The van der Waals surface area contributed by atoms with E-state index in [9.17, 15) is 13.2 Å². The van der Waals surface area contributed by atoms with E-state index in [2.05, 4.69) is 9.97 Å². The van der Waals surface area contributed by atoms with Crippen molar-refractivity contribution in [2.45, 2.75) is 19.0 Å². The van der Waals surface area contributed by atoms with Crippen molar-refractivity contribution in [1.29, 1.82) is 0 Å². The summed E-state index contributed by atoms with van der Waals surface area (Å²) in [4.78, 5) is 7.29. The number of benzene rings is 1. The first-order valence-corrected chi connectivity index (χ1v) is 6.87. The second-order valence-corrected chi connectivity index (χ2v) is 5.12. The van der Waals surface area contributed by atoms with E-state index >= 15 is 0 Å². The van der Waals surface area contributed by atoms with Gasteiger partial charge in [-0.3, -0.25) is 0 Å². The number of fused-ring (bicyclic) bond motifs is 1. The van der Waals surface area contributed by atoms with Crippen molar-refractivity contribution in [1.82, 2.24) is 9.97 Å². The highest BCUT2D eigenvalue weighted by Crippen LogP contribution is 2.31. The average molecular weight is 274 g/mol. The number of thioether (sulfide) groups is 1. The third kappa shape index (κ3) is 2.63. The number of aromatic nitrogens is 2. The summed E-state index contributed by atoms with van der Waals surface area (Å²) in [5.74, 6) is 1.81. The standard InChI is InChI=1S/C12H13F3N2S/c1-7(6-18-2)11-16-9-4-3-8(12(13,14)15)5-10(9)17-11/h3-5,7H,6H2,1-2H3,(H,16,17). The van der Waals surface area contributed by atoms with Crippen molar-refractivity contribution >= 4 is 22.8 Å². The van der Waals surface area contributed by atoms with Crippen LogP contribution in [0.3, 0.4) is 0 Å². The van der Waals surface area contributed by atoms with Gasteiger partial charge in [-0.25, -0.2) is 4.98 Å². The highest BCUT2D eigenvalue weighted by atomic mass is 32.2. The van der Waals surface area contributed by atoms with Crippen LogP contribution in [-0.4, -0.2) is 22.0 Å². The molecule has 1 N–H and O–H groups in total. The Labute approximate surface area is 107 Å². The molecule has 0 aliphatic carbocycles. The highest BCUT2D eigenvalue weighted by molar-refractivity contribution is 7.98. The van der Waals surface area contributed by atoms with Crippen molar-refractivity contribution < 1.29 is 13.2 Å². The number of nitrogens with one attached hydrogen (secondary N) is 1. The van der Waals surface area contributed by atoms with Gasteiger partial charge in [0.15, 0.2) is 0 Å². The van der Waals surface area contributed by atoms with Gasteiger partial charge in [-0.1, -0.05) is 6.92 Å². The fraction of sp³-hybridized carbons (Fsp3) is 0.417. The number of H-pyrrole nitrogens is 1. The molecule has 1 unspecified atom stereocenters. The molecule has 0 saturated heterocycles. The monoisotopic (exact) mass is 274 g/mol. The molecule has 6 heteroatoms. The van der Waals surface area contributed by atoms with Gasteiger partial charge < -0.3 is 4.98 Å². The van der Waals surface area contributed by atoms with Crippen LogP contribution in [0.4, 0.5) is 13.2 Å². The van der Waals surface area contributed by atoms with E-state index in [1.807, 2.05) is 13.2 Å². The SMILES string of the molecule is CSCC(C)c1nc2ccc(C(F)(F)F)cc2[nH]1. The second kappa shape index (κ2) is 4.84. The minimum atomic E-state index is -4.32. The number of aromatic amines is 1. The molecular weight excluding hydrogens is 261 g/mol. The molecule has 0 radical (unpaired) electrons. The number of hydrogen-bond acceptors (Lipinski definition) is 2. The molecule has 98 valence electrons. The van der Waals surface area contributed by atoms with Gasteiger partial charge >= 0.3 is 6.18 Å². The van der Waals surface area contributed by atoms with Gasteiger partial charge in [0.1, 0.15) is 5.82 Å². The lowest BCUT2D eigenvalue weighted by Gasteiger charge is -2.05. The molecule has 0 saturated carbocycles. The largest absolute Gasteiger partial charge is 0.416 e. The lowest BCUT2D eigenvalue weighted by molar-refractivity contribution is -0.137. The van der Waals surface area contributed by atoms with E-state index in [4.69, 9.17) is 0 Å². The maximum Gasteiger partial charge on any atom is 0.416 e. The summed E-state index contributed by atoms with van der Waals surface area (Å²) in [6, 6.07) is 3.58. The van der Waals surface area contributed by atoms with Gasteiger partial charge in [-0.05, 0) is 24.5 Å². The first-order valence-electron chi connectivity index (χ1n) is 5.47. The van der Waals surface area contributed by atoms with Crippen molar-refractivity contribution in [3.63, 3.8) is 0 Å². The van der Waals surface area contributed by atoms with E-state index in [1.54, 1.807) is 11.8 Å². The van der Waals surface area contributed by atoms with Crippen LogP contribution in [0.5, 0.6) is 0 Å². The third-order valence-electron chi connectivity index (χ3n) is 2.71. The molecule has 1 aromatic heterocycles. The minimum absolute atomic E-state index is 0.196. The smallest absolute Gasteiger partial charge is 0.342 e. The molecule has 0 aliphatic heterocycles. The fourth-order valence-corrected chi connectivity index (χ4v) is 2.43. The number of halogens is 3. The van der Waals surface area contributed by atoms with E-state index in [1.165, 1.54) is 6.07 Å². The van der Waals surface area contributed by atoms with Crippen LogP contribution in [0.1, 0.15) is 24.2 Å². The van der Waals surface area contributed by atoms with Crippen LogP contribution < -0.4 is 0 Å². The van der Waals surface area contributed by atoms with Crippen molar-refractivity contribution in [3.8, 4) is 0 Å². The fourth-order valence-electron chi connectivity index (χ4n) is 1.77. The Hall–Kier alpha value is -1.17. The second-order valence-electron chi connectivity index (χ2n) is 4.21. The number of rotatable bonds is 3. The molecule has 2 aromatic rings. The summed E-state index contributed by atoms with van der Waals surface area (Å²) >= 11 is 1.68. The predicted molar refractivity (Wildman–Crippen MR) is 67.9 cm³/mol. The normalized spacial score (nSPS) is 14.1. The summed E-state index contributed by atoms with van der Waals surface area (Å²) in [6.07, 6.45) is -2.33. The van der Waals surface area contributed by atoms with Crippen molar-refractivity contribution in [2.24, 2.45) is 0 Å². The van der Waals surface area contributed by atoms with Crippen molar-refractivity contribution in [2.75, 3.05) is 12.0 Å². The van der Waals surface area contributed by atoms with Crippen LogP contribution in [-0.2, 0) is 6.18 Å². The Bertz CT molecular complexity index is 548. The summed E-state index contributed by atoms with van der Waals surface area (Å²) in [6.45, 7) is 2.00. The molecule has 18 heavy (non-hydrogen) atoms. The first kappa shape index (κ1) is 13.3. The molecule has 0 bridgehead atoms. The lowest BCUT2D eigenvalue weighted by atomic mass is 10.2. The molecule has 0 aliphatic rings. The molecule has 1 heterocycles. The van der Waals surface area contributed by atoms with Gasteiger partial charge in [0.25, 0.3) is 0 Å². The third-order valence-corrected chi connectivity index (χ3v) is 3.54. The maximum absolute atomic E-state index is 12.6. The first-order chi connectivity index (χ1) is 8.41. The molecule has 0 spiro atoms. The zero-order chi connectivity index (χ0) is 13.3. The lowest BCUT2D eigenvalue weighted by Crippen LogP contribution is -2.04. The number of nitrogens with zero attached hydrogens (tertiary/aromatic N) is 1.